The monoisotopic (exact) mass is 503 g/mol. The summed E-state index contributed by atoms with van der Waals surface area (Å²) in [5.41, 5.74) is 1.67. The zero-order valence-corrected chi connectivity index (χ0v) is 19.8. The molecule has 0 aliphatic carbocycles. The molecule has 1 aliphatic heterocycles. The summed E-state index contributed by atoms with van der Waals surface area (Å²) < 4.78 is 65.8. The Labute approximate surface area is 220 Å². The van der Waals surface area contributed by atoms with Crippen LogP contribution >= 0.6 is 0 Å². The van der Waals surface area contributed by atoms with Gasteiger partial charge in [0.15, 0.2) is 0 Å². The summed E-state index contributed by atoms with van der Waals surface area (Å²) in [6.07, 6.45) is -1.09. The van der Waals surface area contributed by atoms with E-state index >= 15 is 0 Å². The van der Waals surface area contributed by atoms with E-state index in [9.17, 15) is 18.7 Å². The van der Waals surface area contributed by atoms with E-state index in [-0.39, 0.29) is 48.3 Å². The maximum Gasteiger partial charge on any atom is 0.233 e. The molecule has 0 unspecified atom stereocenters. The van der Waals surface area contributed by atoms with Gasteiger partial charge < -0.3 is 14.7 Å². The number of rotatable bonds is 9. The zero-order chi connectivity index (χ0) is 29.3. The Hall–Kier alpha value is -4.03. The Morgan fingerprint density at radius 1 is 0.892 bits per heavy atom. The number of hydrogen-bond acceptors (Lipinski definition) is 3. The van der Waals surface area contributed by atoms with Gasteiger partial charge in [-0.05, 0) is 78.0 Å². The summed E-state index contributed by atoms with van der Waals surface area (Å²) in [5.74, 6) is -1.93. The van der Waals surface area contributed by atoms with Crippen LogP contribution in [0.15, 0.2) is 103 Å². The van der Waals surface area contributed by atoms with Crippen LogP contribution in [0.2, 0.25) is 0 Å². The van der Waals surface area contributed by atoms with Gasteiger partial charge in [0.1, 0.15) is 24.0 Å². The molecular formula is C31H27F2NO3. The minimum atomic E-state index is -1.27. The molecule has 1 N–H and O–H groups in total. The van der Waals surface area contributed by atoms with Crippen molar-refractivity contribution in [1.29, 1.82) is 0 Å². The lowest BCUT2D eigenvalue weighted by Gasteiger charge is -2.48. The quantitative estimate of drug-likeness (QED) is 0.257. The number of β-lactam (4-membered cyclic amide) rings is 1. The number of aliphatic hydroxyl groups is 1. The topological polar surface area (TPSA) is 49.8 Å². The molecule has 4 aromatic rings. The molecule has 0 aromatic heterocycles. The average molecular weight is 504 g/mol. The maximum atomic E-state index is 13.8. The summed E-state index contributed by atoms with van der Waals surface area (Å²) in [4.78, 5) is 14.7. The van der Waals surface area contributed by atoms with Crippen molar-refractivity contribution in [2.45, 2.75) is 31.6 Å². The number of ether oxygens (including phenoxy) is 1. The third-order valence-electron chi connectivity index (χ3n) is 6.43. The van der Waals surface area contributed by atoms with Crippen molar-refractivity contribution in [3.63, 3.8) is 0 Å². The van der Waals surface area contributed by atoms with Crippen molar-refractivity contribution in [3.05, 3.63) is 131 Å². The molecule has 1 saturated heterocycles. The van der Waals surface area contributed by atoms with E-state index in [2.05, 4.69) is 0 Å². The Bertz CT molecular complexity index is 1520. The van der Waals surface area contributed by atoms with Crippen molar-refractivity contribution in [1.82, 2.24) is 0 Å². The Kier molecular flexibility index (Phi) is 5.93. The van der Waals surface area contributed by atoms with Gasteiger partial charge in [-0.25, -0.2) is 8.78 Å². The number of anilines is 1. The SMILES string of the molecule is [2H]c1cc(F)cc([2H])c1[C@@H](O)CC[C@H]1C(=O)N(c2c([2H])cc(F)cc2[2H])[C@@H]1c1ccc(OCc2ccccc2)cc1. The van der Waals surface area contributed by atoms with Gasteiger partial charge in [-0.3, -0.25) is 4.79 Å². The van der Waals surface area contributed by atoms with E-state index in [4.69, 9.17) is 10.2 Å². The Balaban J connectivity index is 1.40. The van der Waals surface area contributed by atoms with Gasteiger partial charge in [-0.2, -0.15) is 0 Å². The molecular weight excluding hydrogens is 472 g/mol. The minimum Gasteiger partial charge on any atom is -0.489 e. The smallest absolute Gasteiger partial charge is 0.233 e. The van der Waals surface area contributed by atoms with E-state index in [1.807, 2.05) is 30.3 Å². The second-order valence-electron chi connectivity index (χ2n) is 8.88. The van der Waals surface area contributed by atoms with E-state index in [0.717, 1.165) is 29.8 Å². The van der Waals surface area contributed by atoms with E-state index in [1.165, 1.54) is 4.90 Å². The van der Waals surface area contributed by atoms with Crippen molar-refractivity contribution in [2.24, 2.45) is 5.92 Å². The van der Waals surface area contributed by atoms with Crippen LogP contribution in [0.5, 0.6) is 5.75 Å². The van der Waals surface area contributed by atoms with Crippen LogP contribution in [0.4, 0.5) is 14.5 Å². The number of carbonyl (C=O) groups is 1. The molecule has 1 fully saturated rings. The standard InChI is InChI=1S/C31H27F2NO3/c32-24-10-6-22(7-11-24)29(35)19-18-28-30(34(31(28)36)26-14-12-25(33)13-15-26)23-8-16-27(17-9-23)37-20-21-4-2-1-3-5-21/h1-17,28-30,35H,18-20H2/t28-,29+,30-/m1/s1/i6D,7D,14D,15D. The van der Waals surface area contributed by atoms with Crippen molar-refractivity contribution in [3.8, 4) is 5.75 Å². The number of benzene rings is 4. The molecule has 0 bridgehead atoms. The van der Waals surface area contributed by atoms with Gasteiger partial charge in [0.25, 0.3) is 0 Å². The number of hydrogen-bond donors (Lipinski definition) is 1. The third-order valence-corrected chi connectivity index (χ3v) is 6.43. The first-order valence-corrected chi connectivity index (χ1v) is 11.9. The van der Waals surface area contributed by atoms with Crippen LogP contribution in [0.3, 0.4) is 0 Å². The van der Waals surface area contributed by atoms with Crippen molar-refractivity contribution in [2.75, 3.05) is 4.90 Å². The number of aliphatic hydroxyl groups excluding tert-OH is 1. The van der Waals surface area contributed by atoms with Crippen LogP contribution in [0.1, 0.15) is 47.2 Å². The van der Waals surface area contributed by atoms with Gasteiger partial charge in [0, 0.05) is 5.69 Å². The van der Waals surface area contributed by atoms with Crippen LogP contribution in [-0.4, -0.2) is 11.0 Å². The van der Waals surface area contributed by atoms with Crippen LogP contribution in [-0.2, 0) is 11.4 Å². The number of amides is 1. The second-order valence-corrected chi connectivity index (χ2v) is 8.88. The molecule has 0 saturated carbocycles. The third kappa shape index (κ3) is 5.54. The van der Waals surface area contributed by atoms with Crippen LogP contribution in [0, 0.1) is 17.6 Å². The predicted molar refractivity (Wildman–Crippen MR) is 138 cm³/mol. The lowest BCUT2D eigenvalue weighted by Crippen LogP contribution is -2.55. The van der Waals surface area contributed by atoms with Gasteiger partial charge in [0.2, 0.25) is 5.91 Å². The molecule has 37 heavy (non-hydrogen) atoms. The molecule has 0 spiro atoms. The minimum absolute atomic E-state index is 0.0111. The van der Waals surface area contributed by atoms with Crippen LogP contribution in [0.25, 0.3) is 0 Å². The lowest BCUT2D eigenvalue weighted by molar-refractivity contribution is -0.131. The zero-order valence-electron chi connectivity index (χ0n) is 23.8. The molecule has 1 heterocycles. The maximum absolute atomic E-state index is 13.8. The highest BCUT2D eigenvalue weighted by atomic mass is 19.1. The number of carbonyl (C=O) groups excluding carboxylic acids is 1. The molecule has 0 radical (unpaired) electrons. The summed E-state index contributed by atoms with van der Waals surface area (Å²) in [6, 6.07) is 18.7. The fraction of sp³-hybridized carbons (Fsp3) is 0.194. The number of nitrogens with zero attached hydrogens (tertiary/aromatic N) is 1. The highest BCUT2D eigenvalue weighted by Crippen LogP contribution is 2.46. The fourth-order valence-electron chi connectivity index (χ4n) is 4.51. The highest BCUT2D eigenvalue weighted by Gasteiger charge is 2.48. The summed E-state index contributed by atoms with van der Waals surface area (Å²) in [6.45, 7) is 0.369. The fourth-order valence-corrected chi connectivity index (χ4v) is 4.51. The summed E-state index contributed by atoms with van der Waals surface area (Å²) >= 11 is 0. The molecule has 5 rings (SSSR count). The van der Waals surface area contributed by atoms with Gasteiger partial charge in [-0.15, -0.1) is 0 Å². The first-order valence-electron chi connectivity index (χ1n) is 13.9. The van der Waals surface area contributed by atoms with E-state index in [1.54, 1.807) is 24.3 Å². The molecule has 6 heteroatoms. The first-order chi connectivity index (χ1) is 19.6. The largest absolute Gasteiger partial charge is 0.489 e. The van der Waals surface area contributed by atoms with Crippen molar-refractivity contribution >= 4 is 11.6 Å². The van der Waals surface area contributed by atoms with E-state index in [0.29, 0.717) is 17.9 Å². The van der Waals surface area contributed by atoms with Gasteiger partial charge in [0.05, 0.1) is 23.5 Å². The lowest BCUT2D eigenvalue weighted by atomic mass is 9.78. The molecule has 1 amide bonds. The average Bonchev–Trinajstić information content (AvgIpc) is 2.92. The summed E-state index contributed by atoms with van der Waals surface area (Å²) in [7, 11) is 0. The molecule has 4 aromatic carbocycles. The highest BCUT2D eigenvalue weighted by molar-refractivity contribution is 6.03. The second kappa shape index (κ2) is 10.9. The van der Waals surface area contributed by atoms with Crippen molar-refractivity contribution < 1.29 is 28.9 Å². The molecule has 3 atom stereocenters. The summed E-state index contributed by atoms with van der Waals surface area (Å²) in [5, 5.41) is 10.8. The predicted octanol–water partition coefficient (Wildman–Crippen LogP) is 6.76. The van der Waals surface area contributed by atoms with E-state index < -0.39 is 35.6 Å². The molecule has 188 valence electrons. The van der Waals surface area contributed by atoms with Gasteiger partial charge >= 0.3 is 0 Å². The molecule has 4 nitrogen and oxygen atoms in total. The Morgan fingerprint density at radius 2 is 1.51 bits per heavy atom. The number of halogens is 2. The van der Waals surface area contributed by atoms with Crippen LogP contribution < -0.4 is 9.64 Å². The molecule has 1 aliphatic rings. The van der Waals surface area contributed by atoms with Gasteiger partial charge in [-0.1, -0.05) is 54.5 Å². The Morgan fingerprint density at radius 3 is 2.16 bits per heavy atom. The first kappa shape index (κ1) is 20.1. The normalized spacial score (nSPS) is 19.3.